The summed E-state index contributed by atoms with van der Waals surface area (Å²) in [6.45, 7) is 2.06. The lowest BCUT2D eigenvalue weighted by molar-refractivity contribution is -0.120. The highest BCUT2D eigenvalue weighted by Gasteiger charge is 2.16. The predicted octanol–water partition coefficient (Wildman–Crippen LogP) is 3.88. The maximum Gasteiger partial charge on any atom is 0.264 e. The smallest absolute Gasteiger partial charge is 0.264 e. The molecule has 138 valence electrons. The van der Waals surface area contributed by atoms with Crippen LogP contribution in [-0.4, -0.2) is 37.6 Å². The molecule has 0 radical (unpaired) electrons. The molecule has 1 aliphatic rings. The average molecular weight is 361 g/mol. The Labute approximate surface area is 159 Å². The molecule has 0 unspecified atom stereocenters. The summed E-state index contributed by atoms with van der Waals surface area (Å²) in [5.74, 6) is 1.51. The van der Waals surface area contributed by atoms with E-state index in [9.17, 15) is 4.79 Å². The summed E-state index contributed by atoms with van der Waals surface area (Å²) in [5.41, 5.74) is 1.65. The van der Waals surface area contributed by atoms with Gasteiger partial charge in [0.05, 0.1) is 0 Å². The van der Waals surface area contributed by atoms with Crippen LogP contribution in [0, 0.1) is 0 Å². The fourth-order valence-corrected chi connectivity index (χ4v) is 3.38. The van der Waals surface area contributed by atoms with E-state index < -0.39 is 0 Å². The Morgan fingerprint density at radius 1 is 1.04 bits per heavy atom. The average Bonchev–Trinajstić information content (AvgIpc) is 3.26. The van der Waals surface area contributed by atoms with Crippen LogP contribution >= 0.6 is 0 Å². The Morgan fingerprint density at radius 2 is 1.81 bits per heavy atom. The lowest BCUT2D eigenvalue weighted by Gasteiger charge is -2.19. The molecular weight excluding hydrogens is 338 g/mol. The van der Waals surface area contributed by atoms with Crippen LogP contribution in [-0.2, 0) is 4.79 Å². The molecule has 1 aromatic heterocycles. The molecule has 0 spiro atoms. The molecule has 2 heterocycles. The van der Waals surface area contributed by atoms with Gasteiger partial charge in [0.15, 0.2) is 6.61 Å². The van der Waals surface area contributed by atoms with Crippen molar-refractivity contribution in [2.45, 2.75) is 12.8 Å². The van der Waals surface area contributed by atoms with E-state index in [2.05, 4.69) is 17.0 Å². The van der Waals surface area contributed by atoms with E-state index in [4.69, 9.17) is 9.72 Å². The van der Waals surface area contributed by atoms with Crippen LogP contribution in [0.25, 0.3) is 10.9 Å². The highest BCUT2D eigenvalue weighted by Crippen LogP contribution is 2.28. The number of hydrogen-bond acceptors (Lipinski definition) is 4. The van der Waals surface area contributed by atoms with E-state index in [-0.39, 0.29) is 12.5 Å². The number of carbonyl (C=O) groups is 1. The van der Waals surface area contributed by atoms with E-state index in [1.165, 1.54) is 12.8 Å². The van der Waals surface area contributed by atoms with Crippen molar-refractivity contribution in [3.05, 3.63) is 60.7 Å². The van der Waals surface area contributed by atoms with Gasteiger partial charge in [0.2, 0.25) is 0 Å². The number of carbonyl (C=O) groups excluding carboxylic acids is 1. The van der Waals surface area contributed by atoms with E-state index >= 15 is 0 Å². The van der Waals surface area contributed by atoms with E-state index in [0.29, 0.717) is 5.75 Å². The molecule has 0 aliphatic carbocycles. The fraction of sp³-hybridized carbons (Fsp3) is 0.273. The molecule has 1 saturated heterocycles. The second kappa shape index (κ2) is 7.66. The van der Waals surface area contributed by atoms with Gasteiger partial charge in [-0.15, -0.1) is 0 Å². The fourth-order valence-electron chi connectivity index (χ4n) is 3.38. The normalized spacial score (nSPS) is 13.7. The Hall–Kier alpha value is -3.08. The molecule has 1 fully saturated rings. The van der Waals surface area contributed by atoms with E-state index in [1.54, 1.807) is 11.9 Å². The SMILES string of the molecule is CN(C(=O)COc1cccc2ccc(N3CCCC3)nc12)c1ccccc1. The minimum absolute atomic E-state index is 0.0276. The Bertz CT molecular complexity index is 937. The number of likely N-dealkylation sites (N-methyl/N-ethyl adjacent to an activating group) is 1. The van der Waals surface area contributed by atoms with Crippen LogP contribution in [0.4, 0.5) is 11.5 Å². The Kier molecular flexibility index (Phi) is 4.92. The maximum atomic E-state index is 12.5. The van der Waals surface area contributed by atoms with Crippen molar-refractivity contribution in [2.75, 3.05) is 36.5 Å². The molecule has 0 bridgehead atoms. The zero-order valence-corrected chi connectivity index (χ0v) is 15.5. The van der Waals surface area contributed by atoms with Crippen LogP contribution in [0.5, 0.6) is 5.75 Å². The summed E-state index contributed by atoms with van der Waals surface area (Å²) in [4.78, 5) is 21.2. The van der Waals surface area contributed by atoms with Crippen LogP contribution in [0.3, 0.4) is 0 Å². The van der Waals surface area contributed by atoms with Gasteiger partial charge in [-0.05, 0) is 43.2 Å². The van der Waals surface area contributed by atoms with Gasteiger partial charge in [0, 0.05) is 31.2 Å². The number of nitrogens with zero attached hydrogens (tertiary/aromatic N) is 3. The molecule has 3 aromatic rings. The molecule has 0 saturated carbocycles. The van der Waals surface area contributed by atoms with Crippen molar-refractivity contribution >= 4 is 28.3 Å². The van der Waals surface area contributed by atoms with Crippen LogP contribution in [0.15, 0.2) is 60.7 Å². The summed E-state index contributed by atoms with van der Waals surface area (Å²) in [5, 5.41) is 1.01. The number of ether oxygens (including phenoxy) is 1. The van der Waals surface area contributed by atoms with Gasteiger partial charge in [0.1, 0.15) is 17.1 Å². The number of benzene rings is 2. The summed E-state index contributed by atoms with van der Waals surface area (Å²) in [6, 6.07) is 19.5. The summed E-state index contributed by atoms with van der Waals surface area (Å²) >= 11 is 0. The first-order chi connectivity index (χ1) is 13.2. The third-order valence-corrected chi connectivity index (χ3v) is 4.97. The van der Waals surface area contributed by atoms with Crippen molar-refractivity contribution in [1.29, 1.82) is 0 Å². The van der Waals surface area contributed by atoms with E-state index in [0.717, 1.165) is 35.5 Å². The summed E-state index contributed by atoms with van der Waals surface area (Å²) in [6.07, 6.45) is 2.41. The zero-order chi connectivity index (χ0) is 18.6. The Balaban J connectivity index is 1.52. The van der Waals surface area contributed by atoms with Crippen molar-refractivity contribution in [3.63, 3.8) is 0 Å². The minimum atomic E-state index is -0.103. The topological polar surface area (TPSA) is 45.7 Å². The molecule has 4 rings (SSSR count). The van der Waals surface area contributed by atoms with Gasteiger partial charge >= 0.3 is 0 Å². The number of hydrogen-bond donors (Lipinski definition) is 0. The molecular formula is C22H23N3O2. The standard InChI is InChI=1S/C22H23N3O2/c1-24(18-9-3-2-4-10-18)21(26)16-27-19-11-7-8-17-12-13-20(23-22(17)19)25-14-5-6-15-25/h2-4,7-13H,5-6,14-16H2,1H3. The van der Waals surface area contributed by atoms with Gasteiger partial charge in [-0.1, -0.05) is 30.3 Å². The number of amides is 1. The van der Waals surface area contributed by atoms with Crippen molar-refractivity contribution in [3.8, 4) is 5.75 Å². The highest BCUT2D eigenvalue weighted by molar-refractivity contribution is 5.94. The number of aromatic nitrogens is 1. The molecule has 1 amide bonds. The Morgan fingerprint density at radius 3 is 2.59 bits per heavy atom. The first-order valence-corrected chi connectivity index (χ1v) is 9.31. The van der Waals surface area contributed by atoms with Gasteiger partial charge in [-0.2, -0.15) is 0 Å². The quantitative estimate of drug-likeness (QED) is 0.692. The number of fused-ring (bicyclic) bond motifs is 1. The van der Waals surface area contributed by atoms with E-state index in [1.807, 2.05) is 48.5 Å². The lowest BCUT2D eigenvalue weighted by Crippen LogP contribution is -2.31. The second-order valence-corrected chi connectivity index (χ2v) is 6.77. The molecule has 5 nitrogen and oxygen atoms in total. The summed E-state index contributed by atoms with van der Waals surface area (Å²) < 4.78 is 5.87. The van der Waals surface area contributed by atoms with Gasteiger partial charge in [-0.3, -0.25) is 4.79 Å². The number of anilines is 2. The highest BCUT2D eigenvalue weighted by atomic mass is 16.5. The second-order valence-electron chi connectivity index (χ2n) is 6.77. The van der Waals surface area contributed by atoms with Crippen LogP contribution in [0.2, 0.25) is 0 Å². The van der Waals surface area contributed by atoms with Crippen LogP contribution in [0.1, 0.15) is 12.8 Å². The summed E-state index contributed by atoms with van der Waals surface area (Å²) in [7, 11) is 1.76. The third kappa shape index (κ3) is 3.72. The first kappa shape index (κ1) is 17.3. The third-order valence-electron chi connectivity index (χ3n) is 4.97. The first-order valence-electron chi connectivity index (χ1n) is 9.31. The maximum absolute atomic E-state index is 12.5. The van der Waals surface area contributed by atoms with Crippen molar-refractivity contribution in [2.24, 2.45) is 0 Å². The van der Waals surface area contributed by atoms with Crippen molar-refractivity contribution in [1.82, 2.24) is 4.98 Å². The molecule has 0 atom stereocenters. The van der Waals surface area contributed by atoms with Crippen molar-refractivity contribution < 1.29 is 9.53 Å². The largest absolute Gasteiger partial charge is 0.481 e. The van der Waals surface area contributed by atoms with Crippen LogP contribution < -0.4 is 14.5 Å². The monoisotopic (exact) mass is 361 g/mol. The van der Waals surface area contributed by atoms with Gasteiger partial charge in [0.25, 0.3) is 5.91 Å². The molecule has 2 aromatic carbocycles. The number of rotatable bonds is 5. The minimum Gasteiger partial charge on any atom is -0.481 e. The lowest BCUT2D eigenvalue weighted by atomic mass is 10.2. The van der Waals surface area contributed by atoms with Gasteiger partial charge < -0.3 is 14.5 Å². The molecule has 27 heavy (non-hydrogen) atoms. The predicted molar refractivity (Wildman–Crippen MR) is 109 cm³/mol. The number of para-hydroxylation sites is 2. The molecule has 1 aliphatic heterocycles. The zero-order valence-electron chi connectivity index (χ0n) is 15.5. The number of pyridine rings is 1. The molecule has 5 heteroatoms. The van der Waals surface area contributed by atoms with Gasteiger partial charge in [-0.25, -0.2) is 4.98 Å². The molecule has 0 N–H and O–H groups in total.